The highest BCUT2D eigenvalue weighted by molar-refractivity contribution is 5.76. The van der Waals surface area contributed by atoms with E-state index in [2.05, 4.69) is 15.3 Å². The lowest BCUT2D eigenvalue weighted by molar-refractivity contribution is -0.150. The zero-order valence-electron chi connectivity index (χ0n) is 11.6. The maximum Gasteiger partial charge on any atom is 0.324 e. The summed E-state index contributed by atoms with van der Waals surface area (Å²) in [6.07, 6.45) is 2.70. The van der Waals surface area contributed by atoms with E-state index < -0.39 is 0 Å². The van der Waals surface area contributed by atoms with Gasteiger partial charge in [-0.2, -0.15) is 5.10 Å². The van der Waals surface area contributed by atoms with Gasteiger partial charge in [0, 0.05) is 51.5 Å². The van der Waals surface area contributed by atoms with Gasteiger partial charge in [0.1, 0.15) is 6.04 Å². The van der Waals surface area contributed by atoms with E-state index in [4.69, 9.17) is 4.74 Å². The van der Waals surface area contributed by atoms with Gasteiger partial charge in [-0.05, 0) is 13.0 Å². The Morgan fingerprint density at radius 3 is 3.16 bits per heavy atom. The van der Waals surface area contributed by atoms with Gasteiger partial charge in [-0.1, -0.05) is 0 Å². The summed E-state index contributed by atoms with van der Waals surface area (Å²) in [7, 11) is 1.94. The summed E-state index contributed by atoms with van der Waals surface area (Å²) < 4.78 is 7.01. The smallest absolute Gasteiger partial charge is 0.324 e. The first kappa shape index (κ1) is 14.0. The van der Waals surface area contributed by atoms with Crippen LogP contribution in [0.3, 0.4) is 0 Å². The van der Waals surface area contributed by atoms with E-state index in [1.807, 2.05) is 24.7 Å². The van der Waals surface area contributed by atoms with Crippen molar-refractivity contribution in [2.45, 2.75) is 19.4 Å². The minimum absolute atomic E-state index is 0.125. The number of aromatic nitrogens is 2. The Bertz CT molecular complexity index is 419. The van der Waals surface area contributed by atoms with E-state index in [9.17, 15) is 4.79 Å². The van der Waals surface area contributed by atoms with Gasteiger partial charge in [0.25, 0.3) is 0 Å². The third-order valence-corrected chi connectivity index (χ3v) is 3.49. The van der Waals surface area contributed by atoms with Crippen molar-refractivity contribution in [2.75, 3.05) is 32.8 Å². The molecule has 1 aromatic heterocycles. The maximum absolute atomic E-state index is 11.9. The van der Waals surface area contributed by atoms with Gasteiger partial charge >= 0.3 is 5.97 Å². The van der Waals surface area contributed by atoms with Crippen molar-refractivity contribution in [3.63, 3.8) is 0 Å². The zero-order valence-corrected chi connectivity index (χ0v) is 11.6. The highest BCUT2D eigenvalue weighted by Gasteiger charge is 2.29. The number of nitrogens with one attached hydrogen (secondary N) is 1. The monoisotopic (exact) mass is 266 g/mol. The van der Waals surface area contributed by atoms with E-state index in [1.54, 1.807) is 6.20 Å². The largest absolute Gasteiger partial charge is 0.465 e. The first-order chi connectivity index (χ1) is 9.22. The van der Waals surface area contributed by atoms with Crippen LogP contribution in [0.15, 0.2) is 12.3 Å². The van der Waals surface area contributed by atoms with Crippen molar-refractivity contribution in [3.05, 3.63) is 18.0 Å². The molecule has 106 valence electrons. The van der Waals surface area contributed by atoms with Crippen molar-refractivity contribution in [1.29, 1.82) is 0 Å². The van der Waals surface area contributed by atoms with E-state index >= 15 is 0 Å². The molecule has 2 rings (SSSR count). The van der Waals surface area contributed by atoms with Gasteiger partial charge in [-0.3, -0.25) is 14.4 Å². The van der Waals surface area contributed by atoms with Crippen molar-refractivity contribution in [3.8, 4) is 0 Å². The van der Waals surface area contributed by atoms with E-state index in [0.29, 0.717) is 13.2 Å². The maximum atomic E-state index is 11.9. The summed E-state index contributed by atoms with van der Waals surface area (Å²) in [5.74, 6) is -0.125. The van der Waals surface area contributed by atoms with Crippen LogP contribution in [0.5, 0.6) is 0 Å². The molecule has 1 unspecified atom stereocenters. The van der Waals surface area contributed by atoms with Crippen LogP contribution >= 0.6 is 0 Å². The Morgan fingerprint density at radius 1 is 1.63 bits per heavy atom. The summed E-state index contributed by atoms with van der Waals surface area (Å²) in [6, 6.07) is 1.85. The molecule has 1 saturated heterocycles. The van der Waals surface area contributed by atoms with Crippen LogP contribution in [0, 0.1) is 0 Å². The SMILES string of the molecule is CCOC(=O)C1CNCCN1CCc1ccnn1C. The van der Waals surface area contributed by atoms with Gasteiger partial charge in [-0.25, -0.2) is 0 Å². The molecule has 19 heavy (non-hydrogen) atoms. The van der Waals surface area contributed by atoms with Gasteiger partial charge < -0.3 is 10.1 Å². The molecule has 1 aliphatic heterocycles. The quantitative estimate of drug-likeness (QED) is 0.748. The molecule has 1 fully saturated rings. The predicted octanol–water partition coefficient (Wildman–Crippen LogP) is -0.200. The molecule has 1 atom stereocenters. The van der Waals surface area contributed by atoms with Crippen LogP contribution in [0.4, 0.5) is 0 Å². The Balaban J connectivity index is 1.92. The Labute approximate surface area is 113 Å². The number of hydrogen-bond donors (Lipinski definition) is 1. The van der Waals surface area contributed by atoms with Crippen molar-refractivity contribution in [1.82, 2.24) is 20.0 Å². The number of carbonyl (C=O) groups excluding carboxylic acids is 1. The molecule has 6 nitrogen and oxygen atoms in total. The Kier molecular flexibility index (Phi) is 4.93. The van der Waals surface area contributed by atoms with Crippen LogP contribution in [0.1, 0.15) is 12.6 Å². The highest BCUT2D eigenvalue weighted by atomic mass is 16.5. The number of piperazine rings is 1. The predicted molar refractivity (Wildman–Crippen MR) is 71.8 cm³/mol. The van der Waals surface area contributed by atoms with Crippen molar-refractivity contribution >= 4 is 5.97 Å². The van der Waals surface area contributed by atoms with Crippen molar-refractivity contribution < 1.29 is 9.53 Å². The molecule has 0 aromatic carbocycles. The molecule has 1 N–H and O–H groups in total. The van der Waals surface area contributed by atoms with Crippen LogP contribution < -0.4 is 5.32 Å². The second-order valence-corrected chi connectivity index (χ2v) is 4.70. The normalized spacial score (nSPS) is 20.4. The first-order valence-electron chi connectivity index (χ1n) is 6.80. The Morgan fingerprint density at radius 2 is 2.47 bits per heavy atom. The summed E-state index contributed by atoms with van der Waals surface area (Å²) in [5, 5.41) is 7.41. The molecule has 2 heterocycles. The molecule has 6 heteroatoms. The molecule has 0 amide bonds. The van der Waals surface area contributed by atoms with Crippen LogP contribution in [0.2, 0.25) is 0 Å². The first-order valence-corrected chi connectivity index (χ1v) is 6.80. The average Bonchev–Trinajstić information content (AvgIpc) is 2.82. The fraction of sp³-hybridized carbons (Fsp3) is 0.692. The van der Waals surface area contributed by atoms with E-state index in [1.165, 1.54) is 5.69 Å². The second kappa shape index (κ2) is 6.68. The third kappa shape index (κ3) is 3.54. The van der Waals surface area contributed by atoms with Gasteiger partial charge in [0.15, 0.2) is 0 Å². The number of nitrogens with zero attached hydrogens (tertiary/aromatic N) is 3. The fourth-order valence-electron chi connectivity index (χ4n) is 2.39. The zero-order chi connectivity index (χ0) is 13.7. The van der Waals surface area contributed by atoms with E-state index in [0.717, 1.165) is 26.1 Å². The number of aryl methyl sites for hydroxylation is 1. The van der Waals surface area contributed by atoms with Gasteiger partial charge in [0.2, 0.25) is 0 Å². The molecule has 0 spiro atoms. The highest BCUT2D eigenvalue weighted by Crippen LogP contribution is 2.08. The standard InChI is InChI=1S/C13H22N4O2/c1-3-19-13(18)12-10-14-7-9-17(12)8-5-11-4-6-15-16(11)2/h4,6,12,14H,3,5,7-10H2,1-2H3. The number of rotatable bonds is 5. The summed E-state index contributed by atoms with van der Waals surface area (Å²) in [4.78, 5) is 14.1. The van der Waals surface area contributed by atoms with Gasteiger partial charge in [0.05, 0.1) is 6.61 Å². The fourth-order valence-corrected chi connectivity index (χ4v) is 2.39. The molecule has 0 radical (unpaired) electrons. The van der Waals surface area contributed by atoms with Crippen molar-refractivity contribution in [2.24, 2.45) is 7.05 Å². The van der Waals surface area contributed by atoms with Gasteiger partial charge in [-0.15, -0.1) is 0 Å². The molecular formula is C13H22N4O2. The number of carbonyl (C=O) groups is 1. The molecule has 1 aromatic rings. The third-order valence-electron chi connectivity index (χ3n) is 3.49. The topological polar surface area (TPSA) is 59.4 Å². The molecule has 1 aliphatic rings. The van der Waals surface area contributed by atoms with Crippen LogP contribution in [0.25, 0.3) is 0 Å². The molecule has 0 aliphatic carbocycles. The molecular weight excluding hydrogens is 244 g/mol. The van der Waals surface area contributed by atoms with Crippen LogP contribution in [-0.2, 0) is 23.0 Å². The molecule has 0 saturated carbocycles. The lowest BCUT2D eigenvalue weighted by Crippen LogP contribution is -2.55. The molecule has 0 bridgehead atoms. The summed E-state index contributed by atoms with van der Waals surface area (Å²) >= 11 is 0. The lowest BCUT2D eigenvalue weighted by atomic mass is 10.1. The summed E-state index contributed by atoms with van der Waals surface area (Å²) in [5.41, 5.74) is 1.18. The van der Waals surface area contributed by atoms with Crippen LogP contribution in [-0.4, -0.2) is 59.5 Å². The second-order valence-electron chi connectivity index (χ2n) is 4.70. The minimum Gasteiger partial charge on any atom is -0.465 e. The summed E-state index contributed by atoms with van der Waals surface area (Å²) in [6.45, 7) is 5.59. The number of esters is 1. The lowest BCUT2D eigenvalue weighted by Gasteiger charge is -2.34. The van der Waals surface area contributed by atoms with E-state index in [-0.39, 0.29) is 12.0 Å². The number of ether oxygens (including phenoxy) is 1. The average molecular weight is 266 g/mol. The minimum atomic E-state index is -0.165. The Hall–Kier alpha value is -1.40. The number of hydrogen-bond acceptors (Lipinski definition) is 5.